The van der Waals surface area contributed by atoms with Gasteiger partial charge in [-0.1, -0.05) is 24.8 Å². The highest BCUT2D eigenvalue weighted by Crippen LogP contribution is 2.34. The van der Waals surface area contributed by atoms with Crippen molar-refractivity contribution < 1.29 is 23.0 Å². The van der Waals surface area contributed by atoms with Crippen LogP contribution in [0.15, 0.2) is 47.5 Å². The zero-order valence-corrected chi connectivity index (χ0v) is 21.0. The smallest absolute Gasteiger partial charge is 0.247 e. The fraction of sp³-hybridized carbons (Fsp3) is 0.480. The molecule has 1 aromatic heterocycles. The molecule has 1 aromatic carbocycles. The van der Waals surface area contributed by atoms with Gasteiger partial charge in [0.05, 0.1) is 12.3 Å². The minimum atomic E-state index is -3.88. The van der Waals surface area contributed by atoms with E-state index in [1.807, 2.05) is 32.2 Å². The van der Waals surface area contributed by atoms with Gasteiger partial charge in [0.1, 0.15) is 23.4 Å². The molecule has 0 fully saturated rings. The molecule has 0 unspecified atom stereocenters. The molecule has 184 valence electrons. The molecule has 0 saturated heterocycles. The molecule has 1 aliphatic rings. The second-order valence-electron chi connectivity index (χ2n) is 8.65. The minimum absolute atomic E-state index is 0.0781. The number of rotatable bonds is 7. The van der Waals surface area contributed by atoms with E-state index in [9.17, 15) is 13.5 Å². The van der Waals surface area contributed by atoms with Crippen molar-refractivity contribution >= 4 is 10.0 Å². The summed E-state index contributed by atoms with van der Waals surface area (Å²) in [4.78, 5) is 6.58. The number of aliphatic hydroxyl groups is 1. The highest BCUT2D eigenvalue weighted by atomic mass is 32.2. The van der Waals surface area contributed by atoms with E-state index < -0.39 is 16.1 Å². The molecule has 0 amide bonds. The first kappa shape index (κ1) is 26.1. The lowest BCUT2D eigenvalue weighted by molar-refractivity contribution is 0.0730. The van der Waals surface area contributed by atoms with Gasteiger partial charge in [0, 0.05) is 50.5 Å². The Kier molecular flexibility index (Phi) is 9.05. The summed E-state index contributed by atoms with van der Waals surface area (Å²) in [6.07, 6.45) is 1.47. The number of nitrogens with zero attached hydrogens (tertiary/aromatic N) is 3. The van der Waals surface area contributed by atoms with E-state index in [2.05, 4.69) is 21.7 Å². The molecular formula is C25H33N3O5S. The Morgan fingerprint density at radius 1 is 1.35 bits per heavy atom. The Hall–Kier alpha value is -2.48. The molecule has 2 aromatic rings. The second kappa shape index (κ2) is 11.8. The van der Waals surface area contributed by atoms with Gasteiger partial charge in [0.25, 0.3) is 0 Å². The Balaban J connectivity index is 1.97. The summed E-state index contributed by atoms with van der Waals surface area (Å²) >= 11 is 0. The number of pyridine rings is 1. The van der Waals surface area contributed by atoms with E-state index in [1.54, 1.807) is 32.4 Å². The zero-order valence-electron chi connectivity index (χ0n) is 20.1. The number of likely N-dealkylation sites (N-methyl/N-ethyl adjacent to an activating group) is 1. The maximum absolute atomic E-state index is 13.5. The second-order valence-corrected chi connectivity index (χ2v) is 10.5. The van der Waals surface area contributed by atoms with Crippen LogP contribution in [-0.4, -0.2) is 80.3 Å². The van der Waals surface area contributed by atoms with Crippen LogP contribution in [0.2, 0.25) is 0 Å². The number of ether oxygens (including phenoxy) is 2. The molecule has 0 aliphatic carbocycles. The molecule has 0 bridgehead atoms. The van der Waals surface area contributed by atoms with Crippen molar-refractivity contribution in [3.05, 3.63) is 53.9 Å². The van der Waals surface area contributed by atoms with Crippen LogP contribution in [-0.2, 0) is 21.3 Å². The maximum Gasteiger partial charge on any atom is 0.247 e. The van der Waals surface area contributed by atoms with E-state index in [0.29, 0.717) is 18.7 Å². The summed E-state index contributed by atoms with van der Waals surface area (Å²) in [6.45, 7) is 5.12. The molecule has 9 heteroatoms. The monoisotopic (exact) mass is 487 g/mol. The van der Waals surface area contributed by atoms with Crippen molar-refractivity contribution in [1.29, 1.82) is 0 Å². The first-order chi connectivity index (χ1) is 16.3. The number of hydrogen-bond donors (Lipinski definition) is 1. The van der Waals surface area contributed by atoms with Crippen LogP contribution in [0.5, 0.6) is 5.75 Å². The van der Waals surface area contributed by atoms with E-state index in [1.165, 1.54) is 10.4 Å². The van der Waals surface area contributed by atoms with Crippen LogP contribution < -0.4 is 4.74 Å². The van der Waals surface area contributed by atoms with Gasteiger partial charge in [-0.05, 0) is 44.3 Å². The van der Waals surface area contributed by atoms with Crippen LogP contribution in [0.1, 0.15) is 25.1 Å². The van der Waals surface area contributed by atoms with Gasteiger partial charge in [-0.25, -0.2) is 8.42 Å². The fourth-order valence-corrected chi connectivity index (χ4v) is 5.70. The summed E-state index contributed by atoms with van der Waals surface area (Å²) in [5.74, 6) is 6.00. The third kappa shape index (κ3) is 6.34. The van der Waals surface area contributed by atoms with E-state index in [0.717, 1.165) is 5.69 Å². The third-order valence-corrected chi connectivity index (χ3v) is 7.79. The van der Waals surface area contributed by atoms with Gasteiger partial charge in [-0.15, -0.1) is 0 Å². The lowest BCUT2D eigenvalue weighted by Crippen LogP contribution is -2.49. The van der Waals surface area contributed by atoms with Crippen molar-refractivity contribution in [3.63, 3.8) is 0 Å². The lowest BCUT2D eigenvalue weighted by atomic mass is 10.0. The highest BCUT2D eigenvalue weighted by Gasteiger charge is 2.38. The fourth-order valence-electron chi connectivity index (χ4n) is 3.87. The molecule has 3 rings (SSSR count). The van der Waals surface area contributed by atoms with Gasteiger partial charge in [0.2, 0.25) is 10.0 Å². The number of sulfonamides is 1. The Labute approximate surface area is 202 Å². The van der Waals surface area contributed by atoms with Crippen molar-refractivity contribution in [3.8, 4) is 17.6 Å². The van der Waals surface area contributed by atoms with Crippen LogP contribution in [0.3, 0.4) is 0 Å². The maximum atomic E-state index is 13.5. The number of methoxy groups -OCH3 is 1. The molecule has 34 heavy (non-hydrogen) atoms. The SMILES string of the molecule is COCC#Cc1ccc2c(c1)O[C@@H](CN(C)Cc1ccccn1)[C@@H](C)CN([C@@H](C)CO)S2(=O)=O. The molecule has 0 saturated carbocycles. The van der Waals surface area contributed by atoms with Crippen molar-refractivity contribution in [2.24, 2.45) is 5.92 Å². The molecular weight excluding hydrogens is 454 g/mol. The Bertz CT molecular complexity index is 1110. The number of benzene rings is 1. The first-order valence-electron chi connectivity index (χ1n) is 11.3. The van der Waals surface area contributed by atoms with E-state index in [-0.39, 0.29) is 42.4 Å². The van der Waals surface area contributed by atoms with E-state index >= 15 is 0 Å². The van der Waals surface area contributed by atoms with Crippen LogP contribution in [0, 0.1) is 17.8 Å². The largest absolute Gasteiger partial charge is 0.487 e. The molecule has 2 heterocycles. The van der Waals surface area contributed by atoms with Gasteiger partial charge < -0.3 is 14.6 Å². The normalized spacial score (nSPS) is 20.9. The van der Waals surface area contributed by atoms with Gasteiger partial charge >= 0.3 is 0 Å². The third-order valence-electron chi connectivity index (χ3n) is 5.77. The van der Waals surface area contributed by atoms with Crippen LogP contribution in [0.4, 0.5) is 0 Å². The number of aromatic nitrogens is 1. The van der Waals surface area contributed by atoms with Gasteiger partial charge in [-0.3, -0.25) is 9.88 Å². The summed E-state index contributed by atoms with van der Waals surface area (Å²) < 4.78 is 39.8. The van der Waals surface area contributed by atoms with Crippen molar-refractivity contribution in [2.75, 3.05) is 40.5 Å². The standard InChI is InChI=1S/C25H33N3O5S/c1-19-15-28(20(2)18-29)34(30,31)25-11-10-21(8-7-13-32-4)14-23(25)33-24(19)17-27(3)16-22-9-5-6-12-26-22/h5-6,9-12,14,19-20,24,29H,13,15-18H2,1-4H3/t19-,20-,24-/m0/s1. The van der Waals surface area contributed by atoms with Crippen LogP contribution in [0.25, 0.3) is 0 Å². The highest BCUT2D eigenvalue weighted by molar-refractivity contribution is 7.89. The average molecular weight is 488 g/mol. The van der Waals surface area contributed by atoms with Gasteiger partial charge in [-0.2, -0.15) is 4.31 Å². The minimum Gasteiger partial charge on any atom is -0.487 e. The topological polar surface area (TPSA) is 92.2 Å². The molecule has 1 aliphatic heterocycles. The molecule has 0 radical (unpaired) electrons. The number of fused-ring (bicyclic) bond motifs is 1. The first-order valence-corrected chi connectivity index (χ1v) is 12.7. The zero-order chi connectivity index (χ0) is 24.7. The molecule has 0 spiro atoms. The quantitative estimate of drug-likeness (QED) is 0.597. The molecule has 3 atom stereocenters. The molecule has 1 N–H and O–H groups in total. The predicted molar refractivity (Wildman–Crippen MR) is 130 cm³/mol. The van der Waals surface area contributed by atoms with Crippen molar-refractivity contribution in [2.45, 2.75) is 37.4 Å². The van der Waals surface area contributed by atoms with E-state index in [4.69, 9.17) is 9.47 Å². The number of aliphatic hydroxyl groups excluding tert-OH is 1. The molecule has 8 nitrogen and oxygen atoms in total. The number of hydrogen-bond acceptors (Lipinski definition) is 7. The lowest BCUT2D eigenvalue weighted by Gasteiger charge is -2.37. The summed E-state index contributed by atoms with van der Waals surface area (Å²) in [6, 6.07) is 10.1. The summed E-state index contributed by atoms with van der Waals surface area (Å²) in [5.41, 5.74) is 1.58. The summed E-state index contributed by atoms with van der Waals surface area (Å²) in [5, 5.41) is 9.77. The van der Waals surface area contributed by atoms with Gasteiger partial charge in [0.15, 0.2) is 0 Å². The van der Waals surface area contributed by atoms with Crippen molar-refractivity contribution in [1.82, 2.24) is 14.2 Å². The predicted octanol–water partition coefficient (Wildman–Crippen LogP) is 1.98. The van der Waals surface area contributed by atoms with Crippen LogP contribution >= 0.6 is 0 Å². The summed E-state index contributed by atoms with van der Waals surface area (Å²) in [7, 11) is -0.325. The Morgan fingerprint density at radius 3 is 2.82 bits per heavy atom. The Morgan fingerprint density at radius 2 is 2.15 bits per heavy atom. The average Bonchev–Trinajstić information content (AvgIpc) is 2.81.